The van der Waals surface area contributed by atoms with Gasteiger partial charge in [-0.15, -0.1) is 0 Å². The van der Waals surface area contributed by atoms with E-state index in [1.54, 1.807) is 0 Å². The van der Waals surface area contributed by atoms with Crippen LogP contribution in [-0.2, 0) is 0 Å². The summed E-state index contributed by atoms with van der Waals surface area (Å²) in [4.78, 5) is 8.88. The van der Waals surface area contributed by atoms with Crippen molar-refractivity contribution in [2.75, 3.05) is 0 Å². The third-order valence-electron chi connectivity index (χ3n) is 7.90. The number of furan rings is 1. The fourth-order valence-electron chi connectivity index (χ4n) is 6.22. The Morgan fingerprint density at radius 2 is 0.897 bits per heavy atom. The molecule has 0 aliphatic rings. The van der Waals surface area contributed by atoms with E-state index in [0.717, 1.165) is 55.4 Å². The lowest BCUT2D eigenvalue weighted by Gasteiger charge is -2.08. The van der Waals surface area contributed by atoms with E-state index in [4.69, 9.17) is 4.42 Å². The van der Waals surface area contributed by atoms with E-state index in [0.29, 0.717) is 0 Å². The van der Waals surface area contributed by atoms with E-state index < -0.39 is 0 Å². The van der Waals surface area contributed by atoms with Gasteiger partial charge in [0.25, 0.3) is 0 Å². The van der Waals surface area contributed by atoms with Crippen LogP contribution in [0.1, 0.15) is 0 Å². The maximum atomic E-state index is 6.30. The minimum Gasteiger partial charge on any atom is -0.456 e. The third kappa shape index (κ3) is 2.79. The van der Waals surface area contributed by atoms with Gasteiger partial charge in [0, 0.05) is 56.1 Å². The molecule has 5 heteroatoms. The Bertz CT molecular complexity index is 2130. The molecule has 0 aliphatic carbocycles. The zero-order chi connectivity index (χ0) is 25.5. The molecule has 9 aromatic rings. The lowest BCUT2D eigenvalue weighted by atomic mass is 10.1. The molecule has 5 nitrogen and oxygen atoms in total. The maximum absolute atomic E-state index is 6.30. The second kappa shape index (κ2) is 7.55. The molecule has 4 aromatic carbocycles. The molecule has 0 unspecified atom stereocenters. The Kier molecular flexibility index (Phi) is 3.99. The van der Waals surface area contributed by atoms with Crippen molar-refractivity contribution in [2.24, 2.45) is 0 Å². The lowest BCUT2D eigenvalue weighted by Crippen LogP contribution is -1.94. The molecule has 0 bridgehead atoms. The third-order valence-corrected chi connectivity index (χ3v) is 7.90. The normalized spacial score (nSPS) is 12.1. The highest BCUT2D eigenvalue weighted by atomic mass is 16.3. The van der Waals surface area contributed by atoms with Crippen LogP contribution in [0.25, 0.3) is 76.9 Å². The van der Waals surface area contributed by atoms with Gasteiger partial charge in [-0.2, -0.15) is 0 Å². The minimum absolute atomic E-state index is 0.869. The van der Waals surface area contributed by atoms with Crippen LogP contribution in [0.5, 0.6) is 0 Å². The first-order valence-electron chi connectivity index (χ1n) is 13.0. The van der Waals surface area contributed by atoms with Crippen LogP contribution in [0.2, 0.25) is 0 Å². The highest BCUT2D eigenvalue weighted by Gasteiger charge is 2.16. The summed E-state index contributed by atoms with van der Waals surface area (Å²) in [6.45, 7) is 0. The van der Waals surface area contributed by atoms with Gasteiger partial charge in [-0.3, -0.25) is 9.97 Å². The quantitative estimate of drug-likeness (QED) is 0.239. The van der Waals surface area contributed by atoms with Crippen LogP contribution >= 0.6 is 0 Å². The predicted molar refractivity (Wildman–Crippen MR) is 158 cm³/mol. The average Bonchev–Trinajstić information content (AvgIpc) is 3.64. The van der Waals surface area contributed by atoms with E-state index in [1.807, 2.05) is 24.8 Å². The molecular formula is C34H20N4O. The second-order valence-corrected chi connectivity index (χ2v) is 9.95. The Morgan fingerprint density at radius 3 is 1.41 bits per heavy atom. The van der Waals surface area contributed by atoms with Crippen molar-refractivity contribution in [3.63, 3.8) is 0 Å². The van der Waals surface area contributed by atoms with Crippen molar-refractivity contribution in [2.45, 2.75) is 0 Å². The first kappa shape index (κ1) is 20.6. The Balaban J connectivity index is 1.32. The van der Waals surface area contributed by atoms with Crippen molar-refractivity contribution >= 4 is 65.6 Å². The van der Waals surface area contributed by atoms with Gasteiger partial charge in [0.2, 0.25) is 0 Å². The fraction of sp³-hybridized carbons (Fsp3) is 0. The molecule has 5 heterocycles. The van der Waals surface area contributed by atoms with E-state index >= 15 is 0 Å². The number of para-hydroxylation sites is 2. The van der Waals surface area contributed by atoms with Gasteiger partial charge < -0.3 is 13.6 Å². The monoisotopic (exact) mass is 500 g/mol. The Labute approximate surface area is 222 Å². The highest BCUT2D eigenvalue weighted by molar-refractivity contribution is 6.12. The van der Waals surface area contributed by atoms with Gasteiger partial charge >= 0.3 is 0 Å². The van der Waals surface area contributed by atoms with Crippen molar-refractivity contribution in [3.05, 3.63) is 122 Å². The average molecular weight is 501 g/mol. The first-order chi connectivity index (χ1) is 19.3. The molecule has 0 N–H and O–H groups in total. The van der Waals surface area contributed by atoms with Crippen LogP contribution in [0.4, 0.5) is 0 Å². The summed E-state index contributed by atoms with van der Waals surface area (Å²) in [6, 6.07) is 34.1. The van der Waals surface area contributed by atoms with Crippen LogP contribution < -0.4 is 0 Å². The smallest absolute Gasteiger partial charge is 0.135 e. The maximum Gasteiger partial charge on any atom is 0.135 e. The molecule has 5 aromatic heterocycles. The molecule has 0 atom stereocenters. The summed E-state index contributed by atoms with van der Waals surface area (Å²) in [5, 5.41) is 6.99. The minimum atomic E-state index is 0.869. The highest BCUT2D eigenvalue weighted by Crippen LogP contribution is 2.37. The molecule has 0 spiro atoms. The number of rotatable bonds is 2. The molecular weight excluding hydrogens is 480 g/mol. The molecule has 0 saturated carbocycles. The Morgan fingerprint density at radius 1 is 0.436 bits per heavy atom. The first-order valence-corrected chi connectivity index (χ1v) is 13.0. The molecule has 9 rings (SSSR count). The van der Waals surface area contributed by atoms with Gasteiger partial charge in [-0.25, -0.2) is 0 Å². The standard InChI is InChI=1S/C34H20N4O/c1-3-7-29-23(5-1)25-13-15-35-19-31(25)37(29)21-9-11-33-27(17-21)28-18-22(10-12-34(28)39-33)38-30-8-4-2-6-24(30)26-14-16-36-20-32(26)38/h1-20H. The second-order valence-electron chi connectivity index (χ2n) is 9.95. The number of hydrogen-bond acceptors (Lipinski definition) is 3. The number of fused-ring (bicyclic) bond motifs is 9. The largest absolute Gasteiger partial charge is 0.456 e. The van der Waals surface area contributed by atoms with Gasteiger partial charge in [-0.1, -0.05) is 36.4 Å². The van der Waals surface area contributed by atoms with Crippen LogP contribution in [0.15, 0.2) is 126 Å². The molecule has 182 valence electrons. The van der Waals surface area contributed by atoms with E-state index in [1.165, 1.54) is 21.5 Å². The van der Waals surface area contributed by atoms with Crippen LogP contribution in [-0.4, -0.2) is 19.1 Å². The summed E-state index contributed by atoms with van der Waals surface area (Å²) in [5.74, 6) is 0. The predicted octanol–water partition coefficient (Wildman–Crippen LogP) is 8.57. The van der Waals surface area contributed by atoms with Gasteiger partial charge in [-0.05, 0) is 60.7 Å². The van der Waals surface area contributed by atoms with Gasteiger partial charge in [0.1, 0.15) is 11.2 Å². The molecule has 0 amide bonds. The summed E-state index contributed by atoms with van der Waals surface area (Å²) >= 11 is 0. The zero-order valence-electron chi connectivity index (χ0n) is 20.7. The van der Waals surface area contributed by atoms with E-state index in [2.05, 4.69) is 116 Å². The van der Waals surface area contributed by atoms with Crippen molar-refractivity contribution in [1.82, 2.24) is 19.1 Å². The van der Waals surface area contributed by atoms with E-state index in [-0.39, 0.29) is 0 Å². The summed E-state index contributed by atoms with van der Waals surface area (Å²) < 4.78 is 10.9. The molecule has 0 fully saturated rings. The fourth-order valence-corrected chi connectivity index (χ4v) is 6.22. The van der Waals surface area contributed by atoms with Crippen LogP contribution in [0.3, 0.4) is 0 Å². The lowest BCUT2D eigenvalue weighted by molar-refractivity contribution is 0.669. The Hall–Kier alpha value is -5.42. The van der Waals surface area contributed by atoms with Crippen molar-refractivity contribution in [1.29, 1.82) is 0 Å². The number of aromatic nitrogens is 4. The molecule has 0 aliphatic heterocycles. The summed E-state index contributed by atoms with van der Waals surface area (Å²) in [7, 11) is 0. The number of benzene rings is 4. The van der Waals surface area contributed by atoms with Gasteiger partial charge in [0.15, 0.2) is 0 Å². The van der Waals surface area contributed by atoms with E-state index in [9.17, 15) is 0 Å². The zero-order valence-corrected chi connectivity index (χ0v) is 20.7. The summed E-state index contributed by atoms with van der Waals surface area (Å²) in [5.41, 5.74) is 8.39. The molecule has 39 heavy (non-hydrogen) atoms. The SMILES string of the molecule is c1ccc2c(c1)c1ccncc1n2-c1ccc2oc3ccc(-n4c5ccccc5c5ccncc54)cc3c2c1. The summed E-state index contributed by atoms with van der Waals surface area (Å²) in [6.07, 6.45) is 7.61. The number of nitrogens with zero attached hydrogens (tertiary/aromatic N) is 4. The number of hydrogen-bond donors (Lipinski definition) is 0. The van der Waals surface area contributed by atoms with Crippen molar-refractivity contribution < 1.29 is 4.42 Å². The van der Waals surface area contributed by atoms with Gasteiger partial charge in [0.05, 0.1) is 34.5 Å². The molecule has 0 saturated heterocycles. The van der Waals surface area contributed by atoms with Crippen LogP contribution in [0, 0.1) is 0 Å². The topological polar surface area (TPSA) is 48.8 Å². The van der Waals surface area contributed by atoms with Crippen molar-refractivity contribution in [3.8, 4) is 11.4 Å². The molecule has 0 radical (unpaired) electrons. The number of pyridine rings is 2.